The number of nitrogens with one attached hydrogen (secondary N) is 1. The van der Waals surface area contributed by atoms with Gasteiger partial charge in [0.1, 0.15) is 11.3 Å². The molecule has 3 saturated heterocycles. The van der Waals surface area contributed by atoms with Crippen molar-refractivity contribution in [2.24, 2.45) is 11.8 Å². The van der Waals surface area contributed by atoms with Crippen molar-refractivity contribution in [2.45, 2.75) is 50.6 Å². The zero-order chi connectivity index (χ0) is 21.8. The van der Waals surface area contributed by atoms with Crippen LogP contribution in [0.15, 0.2) is 40.8 Å². The minimum atomic E-state index is -0.198. The number of nitrogens with zero attached hydrogens (tertiary/aromatic N) is 2. The molecular weight excluding hydrogens is 402 g/mol. The summed E-state index contributed by atoms with van der Waals surface area (Å²) in [6.07, 6.45) is 11.3. The van der Waals surface area contributed by atoms with Crippen molar-refractivity contribution in [3.8, 4) is 5.75 Å². The topological polar surface area (TPSA) is 65.6 Å². The summed E-state index contributed by atoms with van der Waals surface area (Å²) in [5, 5.41) is 0.530. The molecule has 1 aromatic heterocycles. The Bertz CT molecular complexity index is 1150. The van der Waals surface area contributed by atoms with Gasteiger partial charge in [0.2, 0.25) is 5.43 Å². The maximum Gasteiger partial charge on any atom is 0.259 e. The number of ether oxygens (including phenoxy) is 1. The van der Waals surface area contributed by atoms with Crippen LogP contribution in [0.2, 0.25) is 0 Å². The zero-order valence-corrected chi connectivity index (χ0v) is 18.7. The molecule has 6 nitrogen and oxygen atoms in total. The molecular formula is C26H31N3O3. The number of amides is 1. The Morgan fingerprint density at radius 2 is 2.09 bits per heavy atom. The number of piperidine rings is 3. The molecule has 2 bridgehead atoms. The van der Waals surface area contributed by atoms with Crippen molar-refractivity contribution in [2.75, 3.05) is 26.7 Å². The van der Waals surface area contributed by atoms with E-state index in [2.05, 4.69) is 16.0 Å². The molecule has 1 N–H and O–H groups in total. The van der Waals surface area contributed by atoms with Crippen LogP contribution in [-0.4, -0.2) is 59.5 Å². The molecule has 4 heterocycles. The minimum Gasteiger partial charge on any atom is -0.497 e. The van der Waals surface area contributed by atoms with Crippen LogP contribution in [0.3, 0.4) is 0 Å². The lowest BCUT2D eigenvalue weighted by Gasteiger charge is -2.54. The molecule has 168 valence electrons. The van der Waals surface area contributed by atoms with Gasteiger partial charge in [-0.1, -0.05) is 18.1 Å². The second-order valence-electron chi connectivity index (χ2n) is 9.95. The molecule has 1 aliphatic carbocycles. The molecule has 0 saturated carbocycles. The Kier molecular flexibility index (Phi) is 4.86. The number of likely N-dealkylation sites (tertiary alicyclic amines) is 1. The van der Waals surface area contributed by atoms with Gasteiger partial charge in [-0.25, -0.2) is 0 Å². The molecule has 1 amide bonds. The molecule has 4 atom stereocenters. The van der Waals surface area contributed by atoms with Gasteiger partial charge in [0.25, 0.3) is 5.91 Å². The number of carbonyl (C=O) groups is 1. The Morgan fingerprint density at radius 3 is 2.97 bits per heavy atom. The fraction of sp³-hybridized carbons (Fsp3) is 0.538. The number of carbonyl (C=O) groups excluding carboxylic acids is 1. The normalized spacial score (nSPS) is 29.8. The SMILES string of the molecule is COc1ccc2c(=O)c(C(=O)N3CCCC4=C[C@H]5C[C@@H](CN6CCCCC56)C43)c[nH]c2c1. The number of aromatic amines is 1. The third-order valence-corrected chi connectivity index (χ3v) is 8.24. The highest BCUT2D eigenvalue weighted by atomic mass is 16.5. The Hall–Kier alpha value is -2.60. The molecule has 4 aliphatic rings. The van der Waals surface area contributed by atoms with Crippen LogP contribution in [0.5, 0.6) is 5.75 Å². The zero-order valence-electron chi connectivity index (χ0n) is 18.7. The summed E-state index contributed by atoms with van der Waals surface area (Å²) < 4.78 is 5.26. The molecule has 32 heavy (non-hydrogen) atoms. The van der Waals surface area contributed by atoms with E-state index in [1.54, 1.807) is 31.5 Å². The predicted octanol–water partition coefficient (Wildman–Crippen LogP) is 3.57. The highest BCUT2D eigenvalue weighted by Gasteiger charge is 2.47. The second-order valence-corrected chi connectivity index (χ2v) is 9.95. The molecule has 6 heteroatoms. The Labute approximate surface area is 188 Å². The number of benzene rings is 1. The van der Waals surface area contributed by atoms with Crippen LogP contribution < -0.4 is 10.2 Å². The van der Waals surface area contributed by atoms with E-state index in [9.17, 15) is 9.59 Å². The minimum absolute atomic E-state index is 0.126. The average molecular weight is 434 g/mol. The van der Waals surface area contributed by atoms with Crippen LogP contribution in [-0.2, 0) is 0 Å². The van der Waals surface area contributed by atoms with E-state index in [0.29, 0.717) is 34.5 Å². The smallest absolute Gasteiger partial charge is 0.259 e. The van der Waals surface area contributed by atoms with E-state index in [4.69, 9.17) is 4.74 Å². The number of rotatable bonds is 2. The van der Waals surface area contributed by atoms with Gasteiger partial charge in [0, 0.05) is 36.8 Å². The van der Waals surface area contributed by atoms with Crippen LogP contribution >= 0.6 is 0 Å². The third kappa shape index (κ3) is 3.11. The fourth-order valence-electron chi connectivity index (χ4n) is 6.84. The summed E-state index contributed by atoms with van der Waals surface area (Å²) in [6.45, 7) is 3.00. The summed E-state index contributed by atoms with van der Waals surface area (Å²) >= 11 is 0. The number of pyridine rings is 1. The molecule has 6 rings (SSSR count). The first-order valence-electron chi connectivity index (χ1n) is 12.1. The molecule has 2 unspecified atom stereocenters. The van der Waals surface area contributed by atoms with E-state index in [-0.39, 0.29) is 22.9 Å². The van der Waals surface area contributed by atoms with Gasteiger partial charge in [-0.15, -0.1) is 0 Å². The van der Waals surface area contributed by atoms with Crippen molar-refractivity contribution in [3.63, 3.8) is 0 Å². The summed E-state index contributed by atoms with van der Waals surface area (Å²) in [5.41, 5.74) is 2.18. The molecule has 3 aliphatic heterocycles. The lowest BCUT2D eigenvalue weighted by atomic mass is 9.68. The van der Waals surface area contributed by atoms with Gasteiger partial charge in [-0.05, 0) is 62.6 Å². The first kappa shape index (κ1) is 20.0. The van der Waals surface area contributed by atoms with Gasteiger partial charge < -0.3 is 14.6 Å². The van der Waals surface area contributed by atoms with Crippen LogP contribution in [0.1, 0.15) is 48.9 Å². The van der Waals surface area contributed by atoms with E-state index in [1.165, 1.54) is 37.8 Å². The number of aromatic nitrogens is 1. The van der Waals surface area contributed by atoms with Crippen LogP contribution in [0, 0.1) is 11.8 Å². The van der Waals surface area contributed by atoms with Crippen molar-refractivity contribution in [3.05, 3.63) is 51.8 Å². The van der Waals surface area contributed by atoms with Gasteiger partial charge in [-0.3, -0.25) is 14.5 Å². The van der Waals surface area contributed by atoms with Gasteiger partial charge in [0.05, 0.1) is 18.7 Å². The van der Waals surface area contributed by atoms with Crippen LogP contribution in [0.4, 0.5) is 0 Å². The maximum absolute atomic E-state index is 13.7. The van der Waals surface area contributed by atoms with Crippen molar-refractivity contribution >= 4 is 16.8 Å². The van der Waals surface area contributed by atoms with E-state index >= 15 is 0 Å². The molecule has 1 aromatic carbocycles. The van der Waals surface area contributed by atoms with E-state index in [1.807, 2.05) is 4.90 Å². The standard InChI is InChI=1S/C26H31N3O3/c1-32-19-7-8-20-22(13-19)27-14-21(25(20)30)26(31)29-10-4-5-16-11-17-12-18(24(16)29)15-28-9-3-2-6-23(17)28/h7-8,11,13-14,17-18,23-24H,2-6,9-10,12,15H2,1H3,(H,27,30)/t17-,18-,23?,24?/m0/s1. The lowest BCUT2D eigenvalue weighted by Crippen LogP contribution is -2.60. The van der Waals surface area contributed by atoms with E-state index < -0.39 is 0 Å². The van der Waals surface area contributed by atoms with Gasteiger partial charge >= 0.3 is 0 Å². The number of methoxy groups -OCH3 is 1. The number of hydrogen-bond donors (Lipinski definition) is 1. The summed E-state index contributed by atoms with van der Waals surface area (Å²) in [6, 6.07) is 6.15. The number of fused-ring (bicyclic) bond motifs is 7. The van der Waals surface area contributed by atoms with Gasteiger partial charge in [0.15, 0.2) is 0 Å². The summed E-state index contributed by atoms with van der Waals surface area (Å²) in [5.74, 6) is 1.67. The number of H-pyrrole nitrogens is 1. The van der Waals surface area contributed by atoms with Crippen molar-refractivity contribution in [1.29, 1.82) is 0 Å². The van der Waals surface area contributed by atoms with E-state index in [0.717, 1.165) is 25.9 Å². The van der Waals surface area contributed by atoms with Crippen molar-refractivity contribution in [1.82, 2.24) is 14.8 Å². The molecule has 3 fully saturated rings. The first-order valence-corrected chi connectivity index (χ1v) is 12.1. The highest BCUT2D eigenvalue weighted by molar-refractivity contribution is 5.97. The molecule has 0 spiro atoms. The van der Waals surface area contributed by atoms with Gasteiger partial charge in [-0.2, -0.15) is 0 Å². The van der Waals surface area contributed by atoms with Crippen molar-refractivity contribution < 1.29 is 9.53 Å². The summed E-state index contributed by atoms with van der Waals surface area (Å²) in [4.78, 5) is 34.8. The second kappa shape index (κ2) is 7.77. The third-order valence-electron chi connectivity index (χ3n) is 8.24. The largest absolute Gasteiger partial charge is 0.497 e. The Balaban J connectivity index is 1.35. The predicted molar refractivity (Wildman–Crippen MR) is 124 cm³/mol. The fourth-order valence-corrected chi connectivity index (χ4v) is 6.84. The molecule has 0 radical (unpaired) electrons. The quantitative estimate of drug-likeness (QED) is 0.736. The average Bonchev–Trinajstić information content (AvgIpc) is 2.83. The monoisotopic (exact) mass is 433 g/mol. The first-order chi connectivity index (χ1) is 15.6. The Morgan fingerprint density at radius 1 is 1.19 bits per heavy atom. The highest BCUT2D eigenvalue weighted by Crippen LogP contribution is 2.45. The lowest BCUT2D eigenvalue weighted by molar-refractivity contribution is 0.00143. The summed E-state index contributed by atoms with van der Waals surface area (Å²) in [7, 11) is 1.60. The molecule has 2 aromatic rings. The maximum atomic E-state index is 13.7. The number of hydrogen-bond acceptors (Lipinski definition) is 4. The van der Waals surface area contributed by atoms with Crippen LogP contribution in [0.25, 0.3) is 10.9 Å².